The Morgan fingerprint density at radius 1 is 0.806 bits per heavy atom. The number of anilines is 1. The molecular weight excluding hydrogens is 491 g/mol. The molecular formula is C29H30Cl2N4O. The van der Waals surface area contributed by atoms with E-state index in [0.717, 1.165) is 79.6 Å². The van der Waals surface area contributed by atoms with Crippen LogP contribution in [0.5, 0.6) is 5.75 Å². The van der Waals surface area contributed by atoms with Gasteiger partial charge in [-0.1, -0.05) is 41.4 Å². The summed E-state index contributed by atoms with van der Waals surface area (Å²) in [5.41, 5.74) is 5.53. The molecule has 1 saturated heterocycles. The SMILES string of the molecule is COc1ccc(-c2cc(CCCN3CCN(c4ccc(Cl)c(Cl)c4)CC3)nn2-c2ccccc2)cc1. The summed E-state index contributed by atoms with van der Waals surface area (Å²) in [6.07, 6.45) is 2.01. The maximum absolute atomic E-state index is 6.21. The fourth-order valence-electron chi connectivity index (χ4n) is 4.68. The second-order valence-corrected chi connectivity index (χ2v) is 9.84. The summed E-state index contributed by atoms with van der Waals surface area (Å²) in [5.74, 6) is 0.851. The van der Waals surface area contributed by atoms with Crippen molar-refractivity contribution in [2.45, 2.75) is 12.8 Å². The molecule has 0 unspecified atom stereocenters. The number of para-hydroxylation sites is 1. The molecule has 1 aliphatic heterocycles. The van der Waals surface area contributed by atoms with Crippen molar-refractivity contribution in [3.05, 3.63) is 94.6 Å². The Hall–Kier alpha value is -2.99. The maximum atomic E-state index is 6.21. The molecule has 0 atom stereocenters. The first-order valence-corrected chi connectivity index (χ1v) is 13.1. The van der Waals surface area contributed by atoms with E-state index in [0.29, 0.717) is 10.0 Å². The van der Waals surface area contributed by atoms with Crippen LogP contribution in [0.15, 0.2) is 78.9 Å². The number of hydrogen-bond donors (Lipinski definition) is 0. The molecule has 1 aromatic heterocycles. The molecule has 186 valence electrons. The number of hydrogen-bond acceptors (Lipinski definition) is 4. The van der Waals surface area contributed by atoms with Gasteiger partial charge in [-0.25, -0.2) is 4.68 Å². The fraction of sp³-hybridized carbons (Fsp3) is 0.276. The Kier molecular flexibility index (Phi) is 7.81. The Morgan fingerprint density at radius 2 is 1.56 bits per heavy atom. The minimum absolute atomic E-state index is 0.601. The van der Waals surface area contributed by atoms with E-state index in [1.54, 1.807) is 7.11 Å². The van der Waals surface area contributed by atoms with Crippen LogP contribution in [0, 0.1) is 0 Å². The van der Waals surface area contributed by atoms with Crippen molar-refractivity contribution >= 4 is 28.9 Å². The number of benzene rings is 3. The number of piperazine rings is 1. The van der Waals surface area contributed by atoms with Gasteiger partial charge in [0.25, 0.3) is 0 Å². The number of halogens is 2. The largest absolute Gasteiger partial charge is 0.497 e. The average Bonchev–Trinajstić information content (AvgIpc) is 3.35. The van der Waals surface area contributed by atoms with Crippen LogP contribution in [0.1, 0.15) is 12.1 Å². The highest BCUT2D eigenvalue weighted by Gasteiger charge is 2.18. The van der Waals surface area contributed by atoms with E-state index >= 15 is 0 Å². The molecule has 3 aromatic carbocycles. The number of aryl methyl sites for hydroxylation is 1. The second kappa shape index (κ2) is 11.4. The van der Waals surface area contributed by atoms with E-state index in [9.17, 15) is 0 Å². The number of rotatable bonds is 8. The van der Waals surface area contributed by atoms with Gasteiger partial charge in [0.1, 0.15) is 5.75 Å². The standard InChI is InChI=1S/C29H30Cl2N4O/c1-36-26-12-9-22(10-13-26)29-20-23(32-35(29)24-7-3-2-4-8-24)6-5-15-33-16-18-34(19-17-33)25-11-14-27(30)28(31)21-25/h2-4,7-14,20-21H,5-6,15-19H2,1H3. The highest BCUT2D eigenvalue weighted by Crippen LogP contribution is 2.28. The van der Waals surface area contributed by atoms with Gasteiger partial charge in [0.05, 0.1) is 34.2 Å². The molecule has 2 heterocycles. The first-order chi connectivity index (χ1) is 17.6. The van der Waals surface area contributed by atoms with Crippen LogP contribution in [0.2, 0.25) is 10.0 Å². The molecule has 1 aliphatic rings. The molecule has 0 aliphatic carbocycles. The molecule has 1 fully saturated rings. The molecule has 7 heteroatoms. The lowest BCUT2D eigenvalue weighted by molar-refractivity contribution is 0.255. The van der Waals surface area contributed by atoms with Crippen molar-refractivity contribution in [1.29, 1.82) is 0 Å². The van der Waals surface area contributed by atoms with Crippen molar-refractivity contribution in [1.82, 2.24) is 14.7 Å². The van der Waals surface area contributed by atoms with Crippen LogP contribution in [0.3, 0.4) is 0 Å². The van der Waals surface area contributed by atoms with E-state index < -0.39 is 0 Å². The molecule has 0 amide bonds. The predicted molar refractivity (Wildman–Crippen MR) is 149 cm³/mol. The van der Waals surface area contributed by atoms with Gasteiger partial charge in [0, 0.05) is 37.4 Å². The Bertz CT molecular complexity index is 1280. The summed E-state index contributed by atoms with van der Waals surface area (Å²) in [7, 11) is 1.69. The molecule has 5 nitrogen and oxygen atoms in total. The van der Waals surface area contributed by atoms with E-state index in [1.807, 2.05) is 53.2 Å². The normalized spacial score (nSPS) is 14.2. The van der Waals surface area contributed by atoms with Crippen LogP contribution in [0.4, 0.5) is 5.69 Å². The van der Waals surface area contributed by atoms with Gasteiger partial charge in [0.15, 0.2) is 0 Å². The second-order valence-electron chi connectivity index (χ2n) is 9.03. The van der Waals surface area contributed by atoms with Gasteiger partial charge in [-0.05, 0) is 80.1 Å². The molecule has 36 heavy (non-hydrogen) atoms. The zero-order chi connectivity index (χ0) is 24.9. The van der Waals surface area contributed by atoms with Crippen LogP contribution in [-0.4, -0.2) is 54.5 Å². The molecule has 5 rings (SSSR count). The molecule has 0 radical (unpaired) electrons. The van der Waals surface area contributed by atoms with Crippen molar-refractivity contribution < 1.29 is 4.74 Å². The third kappa shape index (κ3) is 5.70. The van der Waals surface area contributed by atoms with Crippen LogP contribution in [-0.2, 0) is 6.42 Å². The highest BCUT2D eigenvalue weighted by atomic mass is 35.5. The summed E-state index contributed by atoms with van der Waals surface area (Å²) >= 11 is 12.3. The fourth-order valence-corrected chi connectivity index (χ4v) is 4.97. The zero-order valence-corrected chi connectivity index (χ0v) is 21.9. The van der Waals surface area contributed by atoms with Gasteiger partial charge in [-0.15, -0.1) is 0 Å². The number of methoxy groups -OCH3 is 1. The van der Waals surface area contributed by atoms with Crippen molar-refractivity contribution in [2.24, 2.45) is 0 Å². The number of ether oxygens (including phenoxy) is 1. The number of nitrogens with zero attached hydrogens (tertiary/aromatic N) is 4. The summed E-state index contributed by atoms with van der Waals surface area (Å²) in [4.78, 5) is 4.91. The van der Waals surface area contributed by atoms with Crippen molar-refractivity contribution in [2.75, 3.05) is 44.7 Å². The first kappa shape index (κ1) is 24.7. The van der Waals surface area contributed by atoms with E-state index in [4.69, 9.17) is 33.0 Å². The summed E-state index contributed by atoms with van der Waals surface area (Å²) in [5, 5.41) is 6.20. The first-order valence-electron chi connectivity index (χ1n) is 12.3. The summed E-state index contributed by atoms with van der Waals surface area (Å²) in [6.45, 7) is 5.11. The molecule has 0 bridgehead atoms. The van der Waals surface area contributed by atoms with E-state index in [1.165, 1.54) is 0 Å². The smallest absolute Gasteiger partial charge is 0.118 e. The third-order valence-electron chi connectivity index (χ3n) is 6.69. The molecule has 4 aromatic rings. The van der Waals surface area contributed by atoms with Gasteiger partial charge < -0.3 is 9.64 Å². The summed E-state index contributed by atoms with van der Waals surface area (Å²) < 4.78 is 7.39. The minimum atomic E-state index is 0.601. The summed E-state index contributed by atoms with van der Waals surface area (Å²) in [6, 6.07) is 26.6. The van der Waals surface area contributed by atoms with Gasteiger partial charge in [-0.3, -0.25) is 4.90 Å². The third-order valence-corrected chi connectivity index (χ3v) is 7.43. The van der Waals surface area contributed by atoms with E-state index in [2.05, 4.69) is 40.1 Å². The molecule has 0 spiro atoms. The van der Waals surface area contributed by atoms with Gasteiger partial charge in [0.2, 0.25) is 0 Å². The van der Waals surface area contributed by atoms with Gasteiger partial charge in [-0.2, -0.15) is 5.10 Å². The van der Waals surface area contributed by atoms with E-state index in [-0.39, 0.29) is 0 Å². The molecule has 0 saturated carbocycles. The zero-order valence-electron chi connectivity index (χ0n) is 20.4. The highest BCUT2D eigenvalue weighted by molar-refractivity contribution is 6.42. The average molecular weight is 521 g/mol. The Labute approximate surface area is 222 Å². The van der Waals surface area contributed by atoms with Crippen molar-refractivity contribution in [3.63, 3.8) is 0 Å². The lowest BCUT2D eigenvalue weighted by atomic mass is 10.1. The monoisotopic (exact) mass is 520 g/mol. The van der Waals surface area contributed by atoms with Gasteiger partial charge >= 0.3 is 0 Å². The van der Waals surface area contributed by atoms with Crippen LogP contribution < -0.4 is 9.64 Å². The number of aromatic nitrogens is 2. The van der Waals surface area contributed by atoms with Crippen LogP contribution >= 0.6 is 23.2 Å². The molecule has 0 N–H and O–H groups in total. The van der Waals surface area contributed by atoms with Crippen LogP contribution in [0.25, 0.3) is 16.9 Å². The lowest BCUT2D eigenvalue weighted by Gasteiger charge is -2.36. The minimum Gasteiger partial charge on any atom is -0.497 e. The van der Waals surface area contributed by atoms with Crippen molar-refractivity contribution in [3.8, 4) is 22.7 Å². The maximum Gasteiger partial charge on any atom is 0.118 e. The Balaban J connectivity index is 1.21. The Morgan fingerprint density at radius 3 is 2.25 bits per heavy atom. The topological polar surface area (TPSA) is 33.5 Å². The predicted octanol–water partition coefficient (Wildman–Crippen LogP) is 6.61. The quantitative estimate of drug-likeness (QED) is 0.261. The lowest BCUT2D eigenvalue weighted by Crippen LogP contribution is -2.46.